The van der Waals surface area contributed by atoms with Crippen molar-refractivity contribution in [1.29, 1.82) is 0 Å². The van der Waals surface area contributed by atoms with Crippen LogP contribution in [0.25, 0.3) is 16.8 Å². The van der Waals surface area contributed by atoms with Crippen molar-refractivity contribution in [2.75, 3.05) is 0 Å². The SMILES string of the molecule is CC(C)(C)c1ccc(COc2ccc3c(C=CC4=CCCC=C4)nccc3c2)cc1. The van der Waals surface area contributed by atoms with Gasteiger partial charge in [-0.15, -0.1) is 0 Å². The van der Waals surface area contributed by atoms with Crippen molar-refractivity contribution in [2.45, 2.75) is 45.6 Å². The molecular weight excluding hydrogens is 366 g/mol. The summed E-state index contributed by atoms with van der Waals surface area (Å²) in [6.45, 7) is 7.26. The maximum absolute atomic E-state index is 6.06. The second-order valence-electron chi connectivity index (χ2n) is 8.83. The first kappa shape index (κ1) is 20.2. The summed E-state index contributed by atoms with van der Waals surface area (Å²) in [5.74, 6) is 0.876. The zero-order valence-corrected chi connectivity index (χ0v) is 18.1. The highest BCUT2D eigenvalue weighted by Crippen LogP contribution is 2.26. The van der Waals surface area contributed by atoms with Crippen molar-refractivity contribution in [1.82, 2.24) is 4.98 Å². The Bertz CT molecular complexity index is 1110. The van der Waals surface area contributed by atoms with Crippen LogP contribution < -0.4 is 4.74 Å². The number of aromatic nitrogens is 1. The molecule has 2 aromatic carbocycles. The molecule has 152 valence electrons. The highest BCUT2D eigenvalue weighted by Gasteiger charge is 2.12. The quantitative estimate of drug-likeness (QED) is 0.449. The van der Waals surface area contributed by atoms with Crippen molar-refractivity contribution >= 4 is 16.8 Å². The van der Waals surface area contributed by atoms with Crippen LogP contribution in [0.1, 0.15) is 50.4 Å². The van der Waals surface area contributed by atoms with Gasteiger partial charge < -0.3 is 4.74 Å². The van der Waals surface area contributed by atoms with Gasteiger partial charge in [0.15, 0.2) is 0 Å². The Labute approximate surface area is 179 Å². The van der Waals surface area contributed by atoms with E-state index >= 15 is 0 Å². The Hall–Kier alpha value is -3.13. The molecule has 1 aliphatic carbocycles. The van der Waals surface area contributed by atoms with Crippen molar-refractivity contribution < 1.29 is 4.74 Å². The van der Waals surface area contributed by atoms with Gasteiger partial charge in [0.25, 0.3) is 0 Å². The fourth-order valence-corrected chi connectivity index (χ4v) is 3.60. The summed E-state index contributed by atoms with van der Waals surface area (Å²) in [5, 5.41) is 2.27. The van der Waals surface area contributed by atoms with E-state index < -0.39 is 0 Å². The predicted octanol–water partition coefficient (Wildman–Crippen LogP) is 7.40. The molecule has 0 radical (unpaired) electrons. The molecule has 1 heterocycles. The second kappa shape index (κ2) is 8.71. The normalized spacial score (nSPS) is 14.3. The third-order valence-corrected chi connectivity index (χ3v) is 5.45. The van der Waals surface area contributed by atoms with Crippen LogP contribution in [0.2, 0.25) is 0 Å². The Morgan fingerprint density at radius 3 is 2.53 bits per heavy atom. The van der Waals surface area contributed by atoms with Gasteiger partial charge in [0, 0.05) is 11.6 Å². The molecule has 0 N–H and O–H groups in total. The van der Waals surface area contributed by atoms with E-state index in [9.17, 15) is 0 Å². The molecule has 1 aliphatic rings. The molecule has 3 aromatic rings. The average molecular weight is 396 g/mol. The summed E-state index contributed by atoms with van der Waals surface area (Å²) in [6.07, 6.45) is 15.0. The standard InChI is InChI=1S/C28H29NO/c1-28(2,3)24-12-9-22(10-13-24)20-30-25-14-15-26-23(19-25)17-18-29-27(26)16-11-21-7-5-4-6-8-21/h5,7-19H,4,6,20H2,1-3H3. The van der Waals surface area contributed by atoms with Crippen molar-refractivity contribution in [3.8, 4) is 5.75 Å². The molecule has 0 atom stereocenters. The molecular formula is C28H29NO. The predicted molar refractivity (Wildman–Crippen MR) is 127 cm³/mol. The first-order valence-electron chi connectivity index (χ1n) is 10.6. The molecule has 30 heavy (non-hydrogen) atoms. The van der Waals surface area contributed by atoms with Crippen LogP contribution in [0.15, 0.2) is 84.6 Å². The largest absolute Gasteiger partial charge is 0.489 e. The van der Waals surface area contributed by atoms with Crippen molar-refractivity contribution in [3.05, 3.63) is 101 Å². The molecule has 0 unspecified atom stereocenters. The summed E-state index contributed by atoms with van der Waals surface area (Å²) >= 11 is 0. The minimum absolute atomic E-state index is 0.168. The molecule has 0 fully saturated rings. The van der Waals surface area contributed by atoms with Gasteiger partial charge in [0.05, 0.1) is 5.69 Å². The zero-order chi connectivity index (χ0) is 21.0. The lowest BCUT2D eigenvalue weighted by molar-refractivity contribution is 0.306. The highest BCUT2D eigenvalue weighted by atomic mass is 16.5. The van der Waals surface area contributed by atoms with Crippen LogP contribution in [0, 0.1) is 0 Å². The van der Waals surface area contributed by atoms with E-state index in [2.05, 4.69) is 92.5 Å². The van der Waals surface area contributed by atoms with Crippen LogP contribution in [0.4, 0.5) is 0 Å². The van der Waals surface area contributed by atoms with Crippen LogP contribution in [0.3, 0.4) is 0 Å². The summed E-state index contributed by atoms with van der Waals surface area (Å²) in [6, 6.07) is 17.0. The van der Waals surface area contributed by atoms with Gasteiger partial charge in [0.1, 0.15) is 12.4 Å². The third-order valence-electron chi connectivity index (χ3n) is 5.45. The average Bonchev–Trinajstić information content (AvgIpc) is 2.76. The number of allylic oxidation sites excluding steroid dienone is 5. The van der Waals surface area contributed by atoms with Gasteiger partial charge in [-0.05, 0) is 70.7 Å². The number of pyridine rings is 1. The van der Waals surface area contributed by atoms with E-state index in [0.717, 1.165) is 35.1 Å². The maximum atomic E-state index is 6.06. The number of benzene rings is 2. The van der Waals surface area contributed by atoms with E-state index in [1.165, 1.54) is 16.7 Å². The number of rotatable bonds is 5. The highest BCUT2D eigenvalue weighted by molar-refractivity contribution is 5.90. The lowest BCUT2D eigenvalue weighted by Gasteiger charge is -2.19. The molecule has 0 aliphatic heterocycles. The van der Waals surface area contributed by atoms with Crippen molar-refractivity contribution in [3.63, 3.8) is 0 Å². The zero-order valence-electron chi connectivity index (χ0n) is 18.1. The van der Waals surface area contributed by atoms with E-state index in [0.29, 0.717) is 6.61 Å². The fourth-order valence-electron chi connectivity index (χ4n) is 3.60. The molecule has 0 saturated carbocycles. The molecule has 2 heteroatoms. The first-order valence-corrected chi connectivity index (χ1v) is 10.6. The van der Waals surface area contributed by atoms with E-state index in [-0.39, 0.29) is 5.41 Å². The Morgan fingerprint density at radius 1 is 0.967 bits per heavy atom. The van der Waals surface area contributed by atoms with Crippen LogP contribution in [0.5, 0.6) is 5.75 Å². The number of ether oxygens (including phenoxy) is 1. The number of fused-ring (bicyclic) bond motifs is 1. The molecule has 0 saturated heterocycles. The van der Waals surface area contributed by atoms with Crippen LogP contribution in [-0.4, -0.2) is 4.98 Å². The summed E-state index contributed by atoms with van der Waals surface area (Å²) in [5.41, 5.74) is 4.91. The Balaban J connectivity index is 1.48. The van der Waals surface area contributed by atoms with Gasteiger partial charge in [-0.2, -0.15) is 0 Å². The lowest BCUT2D eigenvalue weighted by Crippen LogP contribution is -2.10. The fraction of sp³-hybridized carbons (Fsp3) is 0.250. The topological polar surface area (TPSA) is 22.1 Å². The van der Waals surface area contributed by atoms with E-state index in [4.69, 9.17) is 4.74 Å². The first-order chi connectivity index (χ1) is 14.5. The van der Waals surface area contributed by atoms with Gasteiger partial charge >= 0.3 is 0 Å². The van der Waals surface area contributed by atoms with Crippen LogP contribution >= 0.6 is 0 Å². The summed E-state index contributed by atoms with van der Waals surface area (Å²) in [7, 11) is 0. The molecule has 0 amide bonds. The molecule has 2 nitrogen and oxygen atoms in total. The number of hydrogen-bond donors (Lipinski definition) is 0. The minimum Gasteiger partial charge on any atom is -0.489 e. The van der Waals surface area contributed by atoms with Gasteiger partial charge in [-0.1, -0.05) is 69.3 Å². The number of nitrogens with zero attached hydrogens (tertiary/aromatic N) is 1. The van der Waals surface area contributed by atoms with Crippen LogP contribution in [-0.2, 0) is 12.0 Å². The van der Waals surface area contributed by atoms with E-state index in [1.807, 2.05) is 18.3 Å². The molecule has 0 spiro atoms. The number of hydrogen-bond acceptors (Lipinski definition) is 2. The monoisotopic (exact) mass is 395 g/mol. The van der Waals surface area contributed by atoms with Gasteiger partial charge in [-0.3, -0.25) is 4.98 Å². The summed E-state index contributed by atoms with van der Waals surface area (Å²) < 4.78 is 6.06. The molecule has 1 aromatic heterocycles. The second-order valence-corrected chi connectivity index (χ2v) is 8.83. The van der Waals surface area contributed by atoms with Gasteiger partial charge in [0.2, 0.25) is 0 Å². The van der Waals surface area contributed by atoms with Gasteiger partial charge in [-0.25, -0.2) is 0 Å². The van der Waals surface area contributed by atoms with E-state index in [1.54, 1.807) is 0 Å². The lowest BCUT2D eigenvalue weighted by atomic mass is 9.87. The van der Waals surface area contributed by atoms with Crippen molar-refractivity contribution in [2.24, 2.45) is 0 Å². The minimum atomic E-state index is 0.168. The summed E-state index contributed by atoms with van der Waals surface area (Å²) in [4.78, 5) is 4.56. The molecule has 4 rings (SSSR count). The molecule has 0 bridgehead atoms. The smallest absolute Gasteiger partial charge is 0.120 e. The Kier molecular flexibility index (Phi) is 5.85. The Morgan fingerprint density at radius 2 is 1.80 bits per heavy atom. The maximum Gasteiger partial charge on any atom is 0.120 e. The third kappa shape index (κ3) is 4.88.